The Bertz CT molecular complexity index is 1110. The summed E-state index contributed by atoms with van der Waals surface area (Å²) >= 11 is 0. The van der Waals surface area contributed by atoms with E-state index in [-0.39, 0.29) is 19.0 Å². The molecule has 0 heterocycles. The zero-order valence-electron chi connectivity index (χ0n) is 18.8. The molecule has 0 aliphatic rings. The van der Waals surface area contributed by atoms with E-state index in [4.69, 9.17) is 18.9 Å². The predicted octanol–water partition coefficient (Wildman–Crippen LogP) is 5.67. The molecule has 0 aliphatic heterocycles. The summed E-state index contributed by atoms with van der Waals surface area (Å²) in [5.41, 5.74) is -0.636. The number of esters is 1. The molecule has 0 aliphatic carbocycles. The predicted molar refractivity (Wildman–Crippen MR) is 117 cm³/mol. The van der Waals surface area contributed by atoms with Crippen LogP contribution in [0.5, 0.6) is 23.0 Å². The van der Waals surface area contributed by atoms with Gasteiger partial charge in [0.1, 0.15) is 30.3 Å². The van der Waals surface area contributed by atoms with Gasteiger partial charge >= 0.3 is 12.1 Å². The Morgan fingerprint density at radius 3 is 1.68 bits per heavy atom. The number of benzene rings is 3. The first kappa shape index (κ1) is 24.8. The van der Waals surface area contributed by atoms with E-state index in [1.165, 1.54) is 20.3 Å². The van der Waals surface area contributed by atoms with Crippen LogP contribution < -0.4 is 18.9 Å². The molecule has 3 aromatic carbocycles. The van der Waals surface area contributed by atoms with Crippen molar-refractivity contribution in [3.05, 3.63) is 82.9 Å². The summed E-state index contributed by atoms with van der Waals surface area (Å²) in [6.07, 6.45) is -4.90. The van der Waals surface area contributed by atoms with Crippen molar-refractivity contribution >= 4 is 5.97 Å². The minimum Gasteiger partial charge on any atom is -0.497 e. The lowest BCUT2D eigenvalue weighted by molar-refractivity contribution is -0.139. The third-order valence-corrected chi connectivity index (χ3v) is 4.91. The van der Waals surface area contributed by atoms with E-state index in [1.807, 2.05) is 0 Å². The van der Waals surface area contributed by atoms with Crippen molar-refractivity contribution in [3.8, 4) is 23.0 Å². The molecule has 3 rings (SSSR count). The fourth-order valence-corrected chi connectivity index (χ4v) is 3.14. The van der Waals surface area contributed by atoms with Crippen LogP contribution in [0.2, 0.25) is 0 Å². The van der Waals surface area contributed by atoms with E-state index in [0.717, 1.165) is 13.2 Å². The van der Waals surface area contributed by atoms with Crippen molar-refractivity contribution in [3.63, 3.8) is 0 Å². The molecule has 0 radical (unpaired) electrons. The Hall–Kier alpha value is -3.88. The number of ether oxygens (including phenoxy) is 5. The summed E-state index contributed by atoms with van der Waals surface area (Å²) in [7, 11) is 4.04. The van der Waals surface area contributed by atoms with E-state index < -0.39 is 29.0 Å². The summed E-state index contributed by atoms with van der Waals surface area (Å²) in [4.78, 5) is 12.1. The smallest absolute Gasteiger partial charge is 0.420 e. The Morgan fingerprint density at radius 1 is 0.735 bits per heavy atom. The molecule has 0 fully saturated rings. The van der Waals surface area contributed by atoms with Crippen molar-refractivity contribution in [2.24, 2.45) is 0 Å². The molecular weight excluding hydrogens is 453 g/mol. The Balaban J connectivity index is 1.97. The van der Waals surface area contributed by atoms with Gasteiger partial charge in [0.15, 0.2) is 11.5 Å². The third-order valence-electron chi connectivity index (χ3n) is 4.91. The van der Waals surface area contributed by atoms with Crippen LogP contribution >= 0.6 is 0 Å². The molecule has 0 atom stereocenters. The first-order valence-electron chi connectivity index (χ1n) is 10.1. The summed E-state index contributed by atoms with van der Waals surface area (Å²) in [6, 6.07) is 15.8. The number of alkyl halides is 3. The van der Waals surface area contributed by atoms with Gasteiger partial charge in [-0.1, -0.05) is 24.3 Å². The number of carbonyl (C=O) groups is 1. The Morgan fingerprint density at radius 2 is 1.24 bits per heavy atom. The van der Waals surface area contributed by atoms with E-state index in [0.29, 0.717) is 22.6 Å². The van der Waals surface area contributed by atoms with Gasteiger partial charge in [-0.3, -0.25) is 0 Å². The second kappa shape index (κ2) is 10.8. The SMILES string of the molecule is COC(=O)c1ccc(OCc2ccc(OC)cc2)c(OCc2ccc(OC)cc2)c1C(F)(F)F. The topological polar surface area (TPSA) is 63.2 Å². The molecule has 9 heteroatoms. The number of hydrogen-bond acceptors (Lipinski definition) is 6. The zero-order valence-corrected chi connectivity index (χ0v) is 18.8. The Kier molecular flexibility index (Phi) is 7.88. The van der Waals surface area contributed by atoms with Crippen LogP contribution in [-0.4, -0.2) is 27.3 Å². The highest BCUT2D eigenvalue weighted by molar-refractivity contribution is 5.92. The largest absolute Gasteiger partial charge is 0.497 e. The maximum Gasteiger partial charge on any atom is 0.420 e. The number of halogens is 3. The summed E-state index contributed by atoms with van der Waals surface area (Å²) in [6.45, 7) is -0.228. The molecule has 0 spiro atoms. The molecule has 0 bridgehead atoms. The summed E-state index contributed by atoms with van der Waals surface area (Å²) in [5, 5.41) is 0. The van der Waals surface area contributed by atoms with Crippen LogP contribution in [0, 0.1) is 0 Å². The number of rotatable bonds is 9. The minimum atomic E-state index is -4.90. The van der Waals surface area contributed by atoms with Crippen molar-refractivity contribution < 1.29 is 41.7 Å². The number of hydrogen-bond donors (Lipinski definition) is 0. The van der Waals surface area contributed by atoms with Crippen molar-refractivity contribution in [1.82, 2.24) is 0 Å². The molecule has 0 saturated heterocycles. The third kappa shape index (κ3) is 5.92. The van der Waals surface area contributed by atoms with Gasteiger partial charge in [0.2, 0.25) is 0 Å². The molecule has 0 aromatic heterocycles. The van der Waals surface area contributed by atoms with Gasteiger partial charge in [-0.2, -0.15) is 13.2 Å². The quantitative estimate of drug-likeness (QED) is 0.371. The van der Waals surface area contributed by atoms with Crippen LogP contribution in [0.4, 0.5) is 13.2 Å². The van der Waals surface area contributed by atoms with E-state index in [1.54, 1.807) is 48.5 Å². The van der Waals surface area contributed by atoms with E-state index in [9.17, 15) is 18.0 Å². The maximum atomic E-state index is 14.1. The molecular formula is C25H23F3O6. The molecule has 0 amide bonds. The number of methoxy groups -OCH3 is 3. The summed E-state index contributed by atoms with van der Waals surface area (Å²) < 4.78 is 68.3. The van der Waals surface area contributed by atoms with Gasteiger partial charge in [-0.15, -0.1) is 0 Å². The second-order valence-corrected chi connectivity index (χ2v) is 7.08. The molecule has 180 valence electrons. The van der Waals surface area contributed by atoms with Gasteiger partial charge in [-0.05, 0) is 47.5 Å². The first-order chi connectivity index (χ1) is 16.3. The van der Waals surface area contributed by atoms with Crippen molar-refractivity contribution in [2.75, 3.05) is 21.3 Å². The standard InChI is InChI=1S/C25H23F3O6/c1-30-18-8-4-16(5-9-18)14-33-21-13-12-20(24(29)32-3)22(25(26,27)28)23(21)34-15-17-6-10-19(31-2)11-7-17/h4-13H,14-15H2,1-3H3. The fraction of sp³-hybridized carbons (Fsp3) is 0.240. The monoisotopic (exact) mass is 476 g/mol. The zero-order chi connectivity index (χ0) is 24.7. The summed E-state index contributed by atoms with van der Waals surface area (Å²) in [5.74, 6) is -0.669. The lowest BCUT2D eigenvalue weighted by atomic mass is 10.0. The first-order valence-corrected chi connectivity index (χ1v) is 10.1. The van der Waals surface area contributed by atoms with Gasteiger partial charge in [-0.25, -0.2) is 4.79 Å². The highest BCUT2D eigenvalue weighted by Crippen LogP contribution is 2.45. The van der Waals surface area contributed by atoms with Crippen molar-refractivity contribution in [2.45, 2.75) is 19.4 Å². The molecule has 3 aromatic rings. The van der Waals surface area contributed by atoms with Gasteiger partial charge in [0, 0.05) is 0 Å². The molecule has 0 N–H and O–H groups in total. The maximum absolute atomic E-state index is 14.1. The van der Waals surface area contributed by atoms with E-state index >= 15 is 0 Å². The fourth-order valence-electron chi connectivity index (χ4n) is 3.14. The van der Waals surface area contributed by atoms with Crippen molar-refractivity contribution in [1.29, 1.82) is 0 Å². The lowest BCUT2D eigenvalue weighted by Crippen LogP contribution is -2.17. The number of carbonyl (C=O) groups excluding carboxylic acids is 1. The van der Waals surface area contributed by atoms with Crippen LogP contribution in [0.1, 0.15) is 27.0 Å². The van der Waals surface area contributed by atoms with Crippen LogP contribution in [0.15, 0.2) is 60.7 Å². The average molecular weight is 476 g/mol. The molecule has 34 heavy (non-hydrogen) atoms. The molecule has 0 saturated carbocycles. The average Bonchev–Trinajstić information content (AvgIpc) is 2.85. The van der Waals surface area contributed by atoms with Gasteiger partial charge in [0.05, 0.1) is 26.9 Å². The van der Waals surface area contributed by atoms with Crippen LogP contribution in [-0.2, 0) is 24.1 Å². The van der Waals surface area contributed by atoms with Crippen LogP contribution in [0.3, 0.4) is 0 Å². The van der Waals surface area contributed by atoms with E-state index in [2.05, 4.69) is 4.74 Å². The highest BCUT2D eigenvalue weighted by atomic mass is 19.4. The highest BCUT2D eigenvalue weighted by Gasteiger charge is 2.41. The normalized spacial score (nSPS) is 11.0. The van der Waals surface area contributed by atoms with Gasteiger partial charge in [0.25, 0.3) is 0 Å². The Labute approximate surface area is 194 Å². The minimum absolute atomic E-state index is 0.0300. The second-order valence-electron chi connectivity index (χ2n) is 7.08. The lowest BCUT2D eigenvalue weighted by Gasteiger charge is -2.20. The molecule has 6 nitrogen and oxygen atoms in total. The van der Waals surface area contributed by atoms with Gasteiger partial charge < -0.3 is 23.7 Å². The van der Waals surface area contributed by atoms with Crippen LogP contribution in [0.25, 0.3) is 0 Å². The molecule has 0 unspecified atom stereocenters.